The van der Waals surface area contributed by atoms with Crippen LogP contribution in [-0.4, -0.2) is 21.5 Å². The molecule has 0 aliphatic rings. The number of rotatable bonds is 4. The Morgan fingerprint density at radius 2 is 2.05 bits per heavy atom. The number of ether oxygens (including phenoxy) is 1. The van der Waals surface area contributed by atoms with Crippen LogP contribution in [0.2, 0.25) is 0 Å². The number of halogens is 1. The SMILES string of the molecule is COC(=O)c1sccc1NS(=O)(=O)c1ccc(F)cc1C. The van der Waals surface area contributed by atoms with Gasteiger partial charge in [0.2, 0.25) is 0 Å². The number of carbonyl (C=O) groups excluding carboxylic acids is 1. The first kappa shape index (κ1) is 15.5. The molecule has 0 unspecified atom stereocenters. The maximum atomic E-state index is 13.1. The molecule has 0 aliphatic carbocycles. The zero-order valence-corrected chi connectivity index (χ0v) is 12.8. The normalized spacial score (nSPS) is 11.2. The lowest BCUT2D eigenvalue weighted by atomic mass is 10.2. The maximum Gasteiger partial charge on any atom is 0.350 e. The highest BCUT2D eigenvalue weighted by atomic mass is 32.2. The molecule has 5 nitrogen and oxygen atoms in total. The van der Waals surface area contributed by atoms with E-state index in [0.717, 1.165) is 23.5 Å². The number of esters is 1. The number of nitrogens with one attached hydrogen (secondary N) is 1. The Balaban J connectivity index is 2.38. The van der Waals surface area contributed by atoms with Crippen LogP contribution in [-0.2, 0) is 14.8 Å². The van der Waals surface area contributed by atoms with Crippen molar-refractivity contribution >= 4 is 33.0 Å². The summed E-state index contributed by atoms with van der Waals surface area (Å²) in [5.41, 5.74) is 0.410. The van der Waals surface area contributed by atoms with Gasteiger partial charge in [0.15, 0.2) is 0 Å². The summed E-state index contributed by atoms with van der Waals surface area (Å²) >= 11 is 1.06. The van der Waals surface area contributed by atoms with E-state index in [0.29, 0.717) is 0 Å². The van der Waals surface area contributed by atoms with Gasteiger partial charge in [0.05, 0.1) is 17.7 Å². The second kappa shape index (κ2) is 5.82. The lowest BCUT2D eigenvalue weighted by Gasteiger charge is -2.10. The fourth-order valence-electron chi connectivity index (χ4n) is 1.75. The van der Waals surface area contributed by atoms with Gasteiger partial charge in [-0.3, -0.25) is 4.72 Å². The van der Waals surface area contributed by atoms with Gasteiger partial charge in [-0.25, -0.2) is 17.6 Å². The molecule has 112 valence electrons. The fraction of sp³-hybridized carbons (Fsp3) is 0.154. The van der Waals surface area contributed by atoms with E-state index in [1.54, 1.807) is 5.38 Å². The van der Waals surface area contributed by atoms with Gasteiger partial charge in [0.25, 0.3) is 10.0 Å². The van der Waals surface area contributed by atoms with Gasteiger partial charge in [-0.1, -0.05) is 0 Å². The number of anilines is 1. The molecule has 1 aromatic carbocycles. The van der Waals surface area contributed by atoms with Crippen LogP contribution in [0.5, 0.6) is 0 Å². The van der Waals surface area contributed by atoms with E-state index in [4.69, 9.17) is 0 Å². The zero-order valence-electron chi connectivity index (χ0n) is 11.2. The molecule has 0 saturated heterocycles. The standard InChI is InChI=1S/C13H12FNO4S2/c1-8-7-9(14)3-4-11(8)21(17,18)15-10-5-6-20-12(10)13(16)19-2/h3-7,15H,1-2H3. The molecule has 1 heterocycles. The summed E-state index contributed by atoms with van der Waals surface area (Å²) < 4.78 is 44.6. The molecule has 0 bridgehead atoms. The van der Waals surface area contributed by atoms with Crippen LogP contribution < -0.4 is 4.72 Å². The van der Waals surface area contributed by atoms with E-state index in [1.165, 1.54) is 26.2 Å². The molecule has 2 aromatic rings. The first-order chi connectivity index (χ1) is 9.85. The highest BCUT2D eigenvalue weighted by Gasteiger charge is 2.21. The maximum absolute atomic E-state index is 13.1. The fourth-order valence-corrected chi connectivity index (χ4v) is 3.88. The molecule has 0 saturated carbocycles. The minimum atomic E-state index is -3.91. The first-order valence-corrected chi connectivity index (χ1v) is 8.16. The third kappa shape index (κ3) is 3.22. The summed E-state index contributed by atoms with van der Waals surface area (Å²) in [6.45, 7) is 1.49. The lowest BCUT2D eigenvalue weighted by molar-refractivity contribution is 0.0607. The average molecular weight is 329 g/mol. The topological polar surface area (TPSA) is 72.5 Å². The van der Waals surface area contributed by atoms with Crippen molar-refractivity contribution in [2.45, 2.75) is 11.8 Å². The molecule has 8 heteroatoms. The summed E-state index contributed by atoms with van der Waals surface area (Å²) in [6.07, 6.45) is 0. The van der Waals surface area contributed by atoms with Crippen LogP contribution in [0.15, 0.2) is 34.5 Å². The highest BCUT2D eigenvalue weighted by Crippen LogP contribution is 2.27. The van der Waals surface area contributed by atoms with E-state index in [9.17, 15) is 17.6 Å². The summed E-state index contributed by atoms with van der Waals surface area (Å²) in [7, 11) is -2.70. The number of hydrogen-bond acceptors (Lipinski definition) is 5. The van der Waals surface area contributed by atoms with Crippen LogP contribution >= 0.6 is 11.3 Å². The molecule has 0 radical (unpaired) electrons. The van der Waals surface area contributed by atoms with Crippen molar-refractivity contribution in [2.24, 2.45) is 0 Å². The lowest BCUT2D eigenvalue weighted by Crippen LogP contribution is -2.16. The van der Waals surface area contributed by atoms with Crippen molar-refractivity contribution in [1.82, 2.24) is 0 Å². The number of benzene rings is 1. The molecule has 0 aliphatic heterocycles. The molecule has 21 heavy (non-hydrogen) atoms. The van der Waals surface area contributed by atoms with Gasteiger partial charge in [0.1, 0.15) is 10.7 Å². The van der Waals surface area contributed by atoms with Crippen LogP contribution in [0, 0.1) is 12.7 Å². The summed E-state index contributed by atoms with van der Waals surface area (Å²) in [5.74, 6) is -1.14. The number of methoxy groups -OCH3 is 1. The molecular weight excluding hydrogens is 317 g/mol. The minimum Gasteiger partial charge on any atom is -0.465 e. The number of sulfonamides is 1. The zero-order chi connectivity index (χ0) is 15.6. The van der Waals surface area contributed by atoms with Gasteiger partial charge in [-0.05, 0) is 42.1 Å². The third-order valence-corrected chi connectivity index (χ3v) is 5.13. The van der Waals surface area contributed by atoms with Crippen molar-refractivity contribution in [3.63, 3.8) is 0 Å². The van der Waals surface area contributed by atoms with Crippen LogP contribution in [0.3, 0.4) is 0 Å². The van der Waals surface area contributed by atoms with Gasteiger partial charge in [-0.2, -0.15) is 0 Å². The number of aryl methyl sites for hydroxylation is 1. The molecule has 0 spiro atoms. The van der Waals surface area contributed by atoms with Crippen molar-refractivity contribution < 1.29 is 22.3 Å². The third-order valence-electron chi connectivity index (χ3n) is 2.71. The quantitative estimate of drug-likeness (QED) is 0.876. The minimum absolute atomic E-state index is 0.0501. The smallest absolute Gasteiger partial charge is 0.350 e. The van der Waals surface area contributed by atoms with E-state index >= 15 is 0 Å². The Morgan fingerprint density at radius 1 is 1.33 bits per heavy atom. The van der Waals surface area contributed by atoms with Gasteiger partial charge < -0.3 is 4.74 Å². The monoisotopic (exact) mass is 329 g/mol. The van der Waals surface area contributed by atoms with Crippen molar-refractivity contribution in [1.29, 1.82) is 0 Å². The van der Waals surface area contributed by atoms with Gasteiger partial charge in [-0.15, -0.1) is 11.3 Å². The Labute approximate surface area is 125 Å². The van der Waals surface area contributed by atoms with Crippen molar-refractivity contribution in [2.75, 3.05) is 11.8 Å². The summed E-state index contributed by atoms with van der Waals surface area (Å²) in [6, 6.07) is 4.84. The Hall–Kier alpha value is -1.93. The summed E-state index contributed by atoms with van der Waals surface area (Å²) in [4.78, 5) is 11.6. The predicted molar refractivity (Wildman–Crippen MR) is 77.6 cm³/mol. The second-order valence-electron chi connectivity index (χ2n) is 4.17. The van der Waals surface area contributed by atoms with Crippen molar-refractivity contribution in [3.05, 3.63) is 45.9 Å². The molecule has 0 amide bonds. The van der Waals surface area contributed by atoms with Crippen molar-refractivity contribution in [3.8, 4) is 0 Å². The van der Waals surface area contributed by atoms with Gasteiger partial charge in [0, 0.05) is 0 Å². The van der Waals surface area contributed by atoms with E-state index in [1.807, 2.05) is 0 Å². The Kier molecular flexibility index (Phi) is 4.29. The predicted octanol–water partition coefficient (Wildman–Crippen LogP) is 2.78. The second-order valence-corrected chi connectivity index (χ2v) is 6.74. The van der Waals surface area contributed by atoms with Crippen LogP contribution in [0.4, 0.5) is 10.1 Å². The average Bonchev–Trinajstić information content (AvgIpc) is 2.84. The number of thiophene rings is 1. The van der Waals surface area contributed by atoms with E-state index in [-0.39, 0.29) is 21.0 Å². The van der Waals surface area contributed by atoms with Gasteiger partial charge >= 0.3 is 5.97 Å². The molecular formula is C13H12FNO4S2. The molecule has 2 rings (SSSR count). The summed E-state index contributed by atoms with van der Waals surface area (Å²) in [5, 5.41) is 1.57. The molecule has 0 atom stereocenters. The Morgan fingerprint density at radius 3 is 2.67 bits per heavy atom. The molecule has 0 fully saturated rings. The Bertz CT molecular complexity index is 783. The first-order valence-electron chi connectivity index (χ1n) is 5.80. The number of hydrogen-bond donors (Lipinski definition) is 1. The molecule has 1 aromatic heterocycles. The van der Waals surface area contributed by atoms with Crippen LogP contribution in [0.25, 0.3) is 0 Å². The molecule has 1 N–H and O–H groups in total. The number of carbonyl (C=O) groups is 1. The van der Waals surface area contributed by atoms with Crippen LogP contribution in [0.1, 0.15) is 15.2 Å². The largest absolute Gasteiger partial charge is 0.465 e. The van der Waals surface area contributed by atoms with E-state index in [2.05, 4.69) is 9.46 Å². The van der Waals surface area contributed by atoms with E-state index < -0.39 is 21.8 Å². The highest BCUT2D eigenvalue weighted by molar-refractivity contribution is 7.92.